The molecule has 0 aromatic rings. The van der Waals surface area contributed by atoms with Crippen molar-refractivity contribution in [1.29, 1.82) is 0 Å². The summed E-state index contributed by atoms with van der Waals surface area (Å²) in [7, 11) is -4.26. The van der Waals surface area contributed by atoms with E-state index in [1.165, 1.54) is 0 Å². The van der Waals surface area contributed by atoms with Gasteiger partial charge in [-0.3, -0.25) is 4.52 Å². The Bertz CT molecular complexity index is 174. The first-order valence-electron chi connectivity index (χ1n) is 4.69. The summed E-state index contributed by atoms with van der Waals surface area (Å²) in [6.45, 7) is 4.26. The number of hydrogen-bond acceptors (Lipinski definition) is 2. The molecule has 0 saturated heterocycles. The third-order valence-corrected chi connectivity index (χ3v) is 2.51. The van der Waals surface area contributed by atoms with Crippen molar-refractivity contribution in [3.8, 4) is 0 Å². The van der Waals surface area contributed by atoms with Gasteiger partial charge in [-0.2, -0.15) is 0 Å². The standard InChI is InChI=1S/C8H19O4P.2K/c1-3-5-6-8(4-2)7-12-13(9,10)11;;/h8H,3-7H2,1-2H3,(H2,9,10,11);;. The van der Waals surface area contributed by atoms with Gasteiger partial charge in [0.05, 0.1) is 6.61 Å². The van der Waals surface area contributed by atoms with Crippen LogP contribution in [0.4, 0.5) is 0 Å². The SMILES string of the molecule is CCCCC(CC)COP(=O)(O)O.[K].[K]. The Balaban J connectivity index is -0.000000720. The first-order chi connectivity index (χ1) is 5.99. The van der Waals surface area contributed by atoms with E-state index in [-0.39, 0.29) is 115 Å². The van der Waals surface area contributed by atoms with Crippen molar-refractivity contribution in [2.24, 2.45) is 5.92 Å². The fourth-order valence-corrected chi connectivity index (χ4v) is 1.51. The van der Waals surface area contributed by atoms with Crippen LogP contribution in [0.15, 0.2) is 0 Å². The maximum atomic E-state index is 10.4. The second-order valence-corrected chi connectivity index (χ2v) is 4.44. The second-order valence-electron chi connectivity index (χ2n) is 3.20. The summed E-state index contributed by atoms with van der Waals surface area (Å²) >= 11 is 0. The molecule has 4 nitrogen and oxygen atoms in total. The van der Waals surface area contributed by atoms with Crippen LogP contribution in [-0.2, 0) is 9.09 Å². The zero-order valence-corrected chi connectivity index (χ0v) is 17.4. The van der Waals surface area contributed by atoms with E-state index < -0.39 is 7.82 Å². The Hall–Kier alpha value is 3.38. The van der Waals surface area contributed by atoms with Crippen molar-refractivity contribution in [3.05, 3.63) is 0 Å². The Kier molecular flexibility index (Phi) is 21.6. The van der Waals surface area contributed by atoms with Crippen LogP contribution in [-0.4, -0.2) is 119 Å². The maximum absolute atomic E-state index is 10.4. The van der Waals surface area contributed by atoms with Crippen LogP contribution in [0.2, 0.25) is 0 Å². The maximum Gasteiger partial charge on any atom is 0.469 e. The molecule has 0 fully saturated rings. The van der Waals surface area contributed by atoms with Crippen molar-refractivity contribution >= 4 is 111 Å². The minimum absolute atomic E-state index is 0. The quantitative estimate of drug-likeness (QED) is 0.551. The van der Waals surface area contributed by atoms with Crippen LogP contribution >= 0.6 is 7.82 Å². The molecule has 1 atom stereocenters. The number of rotatable bonds is 7. The van der Waals surface area contributed by atoms with Crippen molar-refractivity contribution in [2.45, 2.75) is 39.5 Å². The third kappa shape index (κ3) is 17.4. The molecule has 0 spiro atoms. The summed E-state index contributed by atoms with van der Waals surface area (Å²) in [6, 6.07) is 0. The predicted molar refractivity (Wildman–Crippen MR) is 62.8 cm³/mol. The van der Waals surface area contributed by atoms with Gasteiger partial charge in [-0.05, 0) is 12.3 Å². The molecule has 0 aliphatic carbocycles. The molecule has 0 bridgehead atoms. The van der Waals surface area contributed by atoms with E-state index in [9.17, 15) is 4.57 Å². The minimum Gasteiger partial charge on any atom is -0.303 e. The fourth-order valence-electron chi connectivity index (χ4n) is 1.10. The van der Waals surface area contributed by atoms with E-state index in [1.54, 1.807) is 0 Å². The molecule has 0 saturated carbocycles. The molecule has 0 aliphatic rings. The molecule has 0 rings (SSSR count). The summed E-state index contributed by atoms with van der Waals surface area (Å²) < 4.78 is 14.8. The molecule has 1 unspecified atom stereocenters. The minimum atomic E-state index is -4.26. The molecule has 2 N–H and O–H groups in total. The second kappa shape index (κ2) is 13.8. The van der Waals surface area contributed by atoms with Gasteiger partial charge in [-0.1, -0.05) is 33.1 Å². The van der Waals surface area contributed by atoms with Gasteiger partial charge in [0.2, 0.25) is 0 Å². The van der Waals surface area contributed by atoms with Crippen LogP contribution in [0.25, 0.3) is 0 Å². The van der Waals surface area contributed by atoms with E-state index in [0.717, 1.165) is 25.7 Å². The first-order valence-corrected chi connectivity index (χ1v) is 6.22. The molecule has 0 aliphatic heterocycles. The summed E-state index contributed by atoms with van der Waals surface area (Å²) in [4.78, 5) is 17.0. The van der Waals surface area contributed by atoms with Crippen molar-refractivity contribution < 1.29 is 18.9 Å². The van der Waals surface area contributed by atoms with E-state index in [1.807, 2.05) is 6.92 Å². The Morgan fingerprint density at radius 2 is 1.80 bits per heavy atom. The fraction of sp³-hybridized carbons (Fsp3) is 1.00. The summed E-state index contributed by atoms with van der Waals surface area (Å²) in [5.41, 5.74) is 0. The van der Waals surface area contributed by atoms with Gasteiger partial charge in [-0.15, -0.1) is 0 Å². The molecule has 82 valence electrons. The average Bonchev–Trinajstić information content (AvgIpc) is 2.03. The van der Waals surface area contributed by atoms with Crippen molar-refractivity contribution in [2.75, 3.05) is 6.61 Å². The molecule has 0 heterocycles. The van der Waals surface area contributed by atoms with Crippen LogP contribution in [0.5, 0.6) is 0 Å². The van der Waals surface area contributed by atoms with Gasteiger partial charge in [0.15, 0.2) is 0 Å². The summed E-state index contributed by atoms with van der Waals surface area (Å²) in [5.74, 6) is 0.271. The smallest absolute Gasteiger partial charge is 0.303 e. The number of hydrogen-bond donors (Lipinski definition) is 2. The van der Waals surface area contributed by atoms with E-state index >= 15 is 0 Å². The van der Waals surface area contributed by atoms with E-state index in [2.05, 4.69) is 11.4 Å². The molecule has 0 amide bonds. The van der Waals surface area contributed by atoms with Crippen LogP contribution in [0.1, 0.15) is 39.5 Å². The van der Waals surface area contributed by atoms with Gasteiger partial charge in [0.1, 0.15) is 0 Å². The van der Waals surface area contributed by atoms with Gasteiger partial charge in [0, 0.05) is 103 Å². The zero-order chi connectivity index (χ0) is 10.3. The number of unbranched alkanes of at least 4 members (excludes halogenated alkanes) is 1. The average molecular weight is 288 g/mol. The molecular weight excluding hydrogens is 269 g/mol. The van der Waals surface area contributed by atoms with E-state index in [4.69, 9.17) is 9.79 Å². The Labute approximate surface area is 177 Å². The number of phosphoric acid groups is 1. The van der Waals surface area contributed by atoms with Gasteiger partial charge < -0.3 is 9.79 Å². The Morgan fingerprint density at radius 3 is 2.13 bits per heavy atom. The van der Waals surface area contributed by atoms with Crippen LogP contribution in [0.3, 0.4) is 0 Å². The topological polar surface area (TPSA) is 66.8 Å². The largest absolute Gasteiger partial charge is 0.469 e. The van der Waals surface area contributed by atoms with Gasteiger partial charge in [-0.25, -0.2) is 4.57 Å². The van der Waals surface area contributed by atoms with Gasteiger partial charge >= 0.3 is 7.82 Å². The van der Waals surface area contributed by atoms with Crippen LogP contribution < -0.4 is 0 Å². The number of phosphoric ester groups is 1. The van der Waals surface area contributed by atoms with Crippen molar-refractivity contribution in [3.63, 3.8) is 0 Å². The van der Waals surface area contributed by atoms with Crippen molar-refractivity contribution in [1.82, 2.24) is 0 Å². The monoisotopic (exact) mass is 288 g/mol. The third-order valence-electron chi connectivity index (χ3n) is 2.02. The van der Waals surface area contributed by atoms with Gasteiger partial charge in [0.25, 0.3) is 0 Å². The summed E-state index contributed by atoms with van der Waals surface area (Å²) in [6.07, 6.45) is 4.07. The Morgan fingerprint density at radius 1 is 1.27 bits per heavy atom. The normalized spacial score (nSPS) is 12.5. The molecule has 2 radical (unpaired) electrons. The van der Waals surface area contributed by atoms with Crippen LogP contribution in [0, 0.1) is 5.92 Å². The summed E-state index contributed by atoms with van der Waals surface area (Å²) in [5, 5.41) is 0. The predicted octanol–water partition coefficient (Wildman–Crippen LogP) is 1.55. The zero-order valence-electron chi connectivity index (χ0n) is 10.3. The molecule has 15 heavy (non-hydrogen) atoms. The molecule has 0 aromatic heterocycles. The first kappa shape index (κ1) is 23.5. The van der Waals surface area contributed by atoms with E-state index in [0.29, 0.717) is 0 Å². The molecule has 7 heteroatoms. The molecular formula is C8H19K2O4P. The molecule has 0 aromatic carbocycles.